The highest BCUT2D eigenvalue weighted by Gasteiger charge is 2.52. The van der Waals surface area contributed by atoms with Crippen molar-refractivity contribution in [1.82, 2.24) is 0 Å². The molecule has 18 heavy (non-hydrogen) atoms. The number of unbranched alkanes of at least 4 members (excludes halogenated alkanes) is 3. The standard InChI is InChI=1S/C15H29BO2/c1-7-9-10-11-12-13(8-2)16-17-14(3,4)15(5,6)18-16/h8,13H,2,7,9-12H2,1,3-6H3. The van der Waals surface area contributed by atoms with Gasteiger partial charge in [-0.15, -0.1) is 6.58 Å². The molecule has 0 radical (unpaired) electrons. The van der Waals surface area contributed by atoms with Crippen LogP contribution in [0.1, 0.15) is 66.7 Å². The summed E-state index contributed by atoms with van der Waals surface area (Å²) < 4.78 is 12.2. The molecule has 1 heterocycles. The van der Waals surface area contributed by atoms with Gasteiger partial charge in [-0.25, -0.2) is 0 Å². The fraction of sp³-hybridized carbons (Fsp3) is 0.867. The van der Waals surface area contributed by atoms with Gasteiger partial charge in [0.15, 0.2) is 0 Å². The molecule has 1 unspecified atom stereocenters. The highest BCUT2D eigenvalue weighted by atomic mass is 16.7. The fourth-order valence-electron chi connectivity index (χ4n) is 2.24. The van der Waals surface area contributed by atoms with E-state index < -0.39 is 0 Å². The van der Waals surface area contributed by atoms with E-state index in [2.05, 4.69) is 41.2 Å². The Bertz CT molecular complexity index is 258. The number of allylic oxidation sites excluding steroid dienone is 1. The fourth-order valence-corrected chi connectivity index (χ4v) is 2.24. The summed E-state index contributed by atoms with van der Waals surface area (Å²) in [6.45, 7) is 14.6. The first-order chi connectivity index (χ1) is 8.34. The SMILES string of the molecule is C=CC(CCCCCC)B1OC(C)(C)C(C)(C)O1. The molecule has 0 aliphatic carbocycles. The highest BCUT2D eigenvalue weighted by molar-refractivity contribution is 6.48. The predicted molar refractivity (Wildman–Crippen MR) is 78.8 cm³/mol. The largest absolute Gasteiger partial charge is 0.465 e. The van der Waals surface area contributed by atoms with Crippen LogP contribution >= 0.6 is 0 Å². The number of rotatable bonds is 7. The molecule has 0 aromatic heterocycles. The lowest BCUT2D eigenvalue weighted by molar-refractivity contribution is 0.00578. The third-order valence-corrected chi connectivity index (χ3v) is 4.31. The summed E-state index contributed by atoms with van der Waals surface area (Å²) in [4.78, 5) is 0. The van der Waals surface area contributed by atoms with Crippen molar-refractivity contribution in [1.29, 1.82) is 0 Å². The van der Waals surface area contributed by atoms with Gasteiger partial charge >= 0.3 is 7.12 Å². The lowest BCUT2D eigenvalue weighted by Crippen LogP contribution is -2.41. The minimum atomic E-state index is -0.234. The molecule has 0 amide bonds. The van der Waals surface area contributed by atoms with Crippen LogP contribution in [0.25, 0.3) is 0 Å². The average molecular weight is 252 g/mol. The van der Waals surface area contributed by atoms with Crippen molar-refractivity contribution in [3.8, 4) is 0 Å². The first kappa shape index (κ1) is 15.8. The zero-order valence-corrected chi connectivity index (χ0v) is 12.8. The summed E-state index contributed by atoms with van der Waals surface area (Å²) in [7, 11) is -0.130. The van der Waals surface area contributed by atoms with Crippen LogP contribution in [0.15, 0.2) is 12.7 Å². The highest BCUT2D eigenvalue weighted by Crippen LogP contribution is 2.41. The molecular formula is C15H29BO2. The molecule has 0 aromatic carbocycles. The Hall–Kier alpha value is -0.275. The van der Waals surface area contributed by atoms with E-state index in [1.807, 2.05) is 6.08 Å². The van der Waals surface area contributed by atoms with Crippen LogP contribution in [0.3, 0.4) is 0 Å². The second-order valence-electron chi connectivity index (χ2n) is 6.37. The monoisotopic (exact) mass is 252 g/mol. The maximum Gasteiger partial charge on any atom is 0.465 e. The van der Waals surface area contributed by atoms with Crippen LogP contribution < -0.4 is 0 Å². The average Bonchev–Trinajstić information content (AvgIpc) is 2.48. The summed E-state index contributed by atoms with van der Waals surface area (Å²) in [5.41, 5.74) is -0.468. The molecule has 104 valence electrons. The second kappa shape index (κ2) is 6.25. The summed E-state index contributed by atoms with van der Waals surface area (Å²) in [6.07, 6.45) is 8.21. The normalized spacial score (nSPS) is 23.1. The molecule has 1 aliphatic rings. The number of hydrogen-bond acceptors (Lipinski definition) is 2. The molecular weight excluding hydrogens is 223 g/mol. The summed E-state index contributed by atoms with van der Waals surface area (Å²) >= 11 is 0. The summed E-state index contributed by atoms with van der Waals surface area (Å²) in [5.74, 6) is 0.308. The molecule has 2 nitrogen and oxygen atoms in total. The van der Waals surface area contributed by atoms with E-state index in [0.29, 0.717) is 5.82 Å². The Kier molecular flexibility index (Phi) is 5.48. The maximum atomic E-state index is 6.08. The quantitative estimate of drug-likeness (QED) is 0.374. The van der Waals surface area contributed by atoms with Gasteiger partial charge in [-0.3, -0.25) is 0 Å². The van der Waals surface area contributed by atoms with E-state index in [1.165, 1.54) is 25.7 Å². The Morgan fingerprint density at radius 1 is 1.06 bits per heavy atom. The molecule has 1 atom stereocenters. The molecule has 0 saturated carbocycles. The Morgan fingerprint density at radius 2 is 1.61 bits per heavy atom. The van der Waals surface area contributed by atoms with Crippen molar-refractivity contribution in [2.45, 2.75) is 83.7 Å². The lowest BCUT2D eigenvalue weighted by atomic mass is 9.69. The van der Waals surface area contributed by atoms with Crippen LogP contribution in [-0.2, 0) is 9.31 Å². The van der Waals surface area contributed by atoms with Crippen molar-refractivity contribution < 1.29 is 9.31 Å². The zero-order valence-electron chi connectivity index (χ0n) is 12.8. The zero-order chi connectivity index (χ0) is 13.8. The van der Waals surface area contributed by atoms with Gasteiger partial charge in [-0.2, -0.15) is 0 Å². The molecule has 1 fully saturated rings. The molecule has 0 aromatic rings. The Labute approximate surface area is 113 Å². The minimum absolute atomic E-state index is 0.130. The van der Waals surface area contributed by atoms with Gasteiger partial charge in [0, 0.05) is 5.82 Å². The van der Waals surface area contributed by atoms with E-state index in [9.17, 15) is 0 Å². The molecule has 0 N–H and O–H groups in total. The summed E-state index contributed by atoms with van der Waals surface area (Å²) in [6, 6.07) is 0. The van der Waals surface area contributed by atoms with Crippen LogP contribution in [0.2, 0.25) is 5.82 Å². The van der Waals surface area contributed by atoms with E-state index in [-0.39, 0.29) is 18.3 Å². The van der Waals surface area contributed by atoms with Gasteiger partial charge in [0.2, 0.25) is 0 Å². The lowest BCUT2D eigenvalue weighted by Gasteiger charge is -2.32. The molecule has 0 bridgehead atoms. The topological polar surface area (TPSA) is 18.5 Å². The molecule has 3 heteroatoms. The summed E-state index contributed by atoms with van der Waals surface area (Å²) in [5, 5.41) is 0. The van der Waals surface area contributed by atoms with Crippen LogP contribution in [-0.4, -0.2) is 18.3 Å². The molecule has 1 aliphatic heterocycles. The second-order valence-corrected chi connectivity index (χ2v) is 6.37. The van der Waals surface area contributed by atoms with Gasteiger partial charge in [0.25, 0.3) is 0 Å². The third kappa shape index (κ3) is 3.61. The van der Waals surface area contributed by atoms with Gasteiger partial charge in [0.05, 0.1) is 11.2 Å². The van der Waals surface area contributed by atoms with E-state index in [0.717, 1.165) is 6.42 Å². The molecule has 1 rings (SSSR count). The van der Waals surface area contributed by atoms with Gasteiger partial charge in [-0.1, -0.05) is 38.7 Å². The first-order valence-electron chi connectivity index (χ1n) is 7.32. The Morgan fingerprint density at radius 3 is 2.06 bits per heavy atom. The smallest absolute Gasteiger partial charge is 0.403 e. The van der Waals surface area contributed by atoms with Gasteiger partial charge in [-0.05, 0) is 34.1 Å². The van der Waals surface area contributed by atoms with Crippen molar-refractivity contribution in [3.05, 3.63) is 12.7 Å². The van der Waals surface area contributed by atoms with Gasteiger partial charge < -0.3 is 9.31 Å². The Balaban J connectivity index is 2.50. The van der Waals surface area contributed by atoms with Crippen LogP contribution in [0, 0.1) is 0 Å². The van der Waals surface area contributed by atoms with E-state index >= 15 is 0 Å². The minimum Gasteiger partial charge on any atom is -0.403 e. The van der Waals surface area contributed by atoms with Crippen molar-refractivity contribution in [3.63, 3.8) is 0 Å². The van der Waals surface area contributed by atoms with E-state index in [4.69, 9.17) is 9.31 Å². The van der Waals surface area contributed by atoms with Crippen LogP contribution in [0.4, 0.5) is 0 Å². The molecule has 1 saturated heterocycles. The first-order valence-corrected chi connectivity index (χ1v) is 7.32. The van der Waals surface area contributed by atoms with Crippen molar-refractivity contribution in [2.24, 2.45) is 0 Å². The van der Waals surface area contributed by atoms with Gasteiger partial charge in [0.1, 0.15) is 0 Å². The van der Waals surface area contributed by atoms with Crippen molar-refractivity contribution in [2.75, 3.05) is 0 Å². The third-order valence-electron chi connectivity index (χ3n) is 4.31. The maximum absolute atomic E-state index is 6.08. The predicted octanol–water partition coefficient (Wildman–Crippen LogP) is 4.61. The van der Waals surface area contributed by atoms with Crippen LogP contribution in [0.5, 0.6) is 0 Å². The van der Waals surface area contributed by atoms with E-state index in [1.54, 1.807) is 0 Å². The molecule has 0 spiro atoms. The number of hydrogen-bond donors (Lipinski definition) is 0. The van der Waals surface area contributed by atoms with Crippen molar-refractivity contribution >= 4 is 7.12 Å².